The minimum absolute atomic E-state index is 0.769. The third-order valence-electron chi connectivity index (χ3n) is 8.24. The fraction of sp³-hybridized carbons (Fsp3) is 0.548. The van der Waals surface area contributed by atoms with E-state index in [4.69, 9.17) is 11.6 Å². The van der Waals surface area contributed by atoms with Crippen molar-refractivity contribution in [2.24, 2.45) is 17.8 Å². The van der Waals surface area contributed by atoms with E-state index in [-0.39, 0.29) is 0 Å². The van der Waals surface area contributed by atoms with Gasteiger partial charge in [0.1, 0.15) is 0 Å². The summed E-state index contributed by atoms with van der Waals surface area (Å²) < 4.78 is 0. The van der Waals surface area contributed by atoms with Crippen molar-refractivity contribution in [1.29, 1.82) is 0 Å². The van der Waals surface area contributed by atoms with Gasteiger partial charge in [0, 0.05) is 5.02 Å². The molecular formula is C31H41Cl. The highest BCUT2D eigenvalue weighted by Gasteiger charge is 2.25. The molecule has 2 saturated carbocycles. The second-order valence-electron chi connectivity index (χ2n) is 10.5. The van der Waals surface area contributed by atoms with Crippen LogP contribution >= 0.6 is 11.6 Å². The molecule has 0 atom stereocenters. The molecule has 0 spiro atoms. The molecule has 0 N–H and O–H groups in total. The minimum Gasteiger partial charge on any atom is -0.0843 e. The number of hydrogen-bond acceptors (Lipinski definition) is 0. The fourth-order valence-corrected chi connectivity index (χ4v) is 6.24. The molecule has 2 aliphatic carbocycles. The predicted octanol–water partition coefficient (Wildman–Crippen LogP) is 10.2. The molecule has 2 aromatic rings. The molecule has 4 rings (SSSR count). The number of halogens is 1. The van der Waals surface area contributed by atoms with Crippen LogP contribution in [0.4, 0.5) is 0 Å². The van der Waals surface area contributed by atoms with E-state index in [1.54, 1.807) is 5.56 Å². The summed E-state index contributed by atoms with van der Waals surface area (Å²) in [5, 5.41) is 0.788. The standard InChI is InChI=1S/C31H41Cl/c1-2-3-24-4-6-25(7-5-24)8-9-26-12-18-29(19-13-26)30-20-14-27(15-21-30)10-11-28-16-22-31(32)23-17-28/h10-11,14-17,20-26,29H,2-9,12-13,18-19H2,1H3/t24-,25-,26?,29?. The minimum atomic E-state index is 0.769. The zero-order valence-corrected chi connectivity index (χ0v) is 20.7. The lowest BCUT2D eigenvalue weighted by Crippen LogP contribution is -2.17. The van der Waals surface area contributed by atoms with Gasteiger partial charge in [-0.3, -0.25) is 0 Å². The Labute approximate surface area is 201 Å². The molecule has 2 aliphatic rings. The zero-order valence-electron chi connectivity index (χ0n) is 19.9. The van der Waals surface area contributed by atoms with Crippen molar-refractivity contribution in [3.05, 3.63) is 70.2 Å². The van der Waals surface area contributed by atoms with Gasteiger partial charge in [0.2, 0.25) is 0 Å². The van der Waals surface area contributed by atoms with Crippen molar-refractivity contribution in [3.63, 3.8) is 0 Å². The summed E-state index contributed by atoms with van der Waals surface area (Å²) in [7, 11) is 0. The Bertz CT molecular complexity index is 816. The summed E-state index contributed by atoms with van der Waals surface area (Å²) in [4.78, 5) is 0. The first-order valence-corrected chi connectivity index (χ1v) is 13.6. The van der Waals surface area contributed by atoms with Crippen LogP contribution in [-0.4, -0.2) is 0 Å². The van der Waals surface area contributed by atoms with Crippen LogP contribution in [0.3, 0.4) is 0 Å². The lowest BCUT2D eigenvalue weighted by molar-refractivity contribution is 0.224. The van der Waals surface area contributed by atoms with Gasteiger partial charge in [-0.25, -0.2) is 0 Å². The molecule has 1 heteroatoms. The van der Waals surface area contributed by atoms with Gasteiger partial charge in [0.05, 0.1) is 0 Å². The molecule has 172 valence electrons. The SMILES string of the molecule is CCC[C@H]1CC[C@H](CCC2CCC(c3ccc(C=Cc4ccc(Cl)cc4)cc3)CC2)CC1. The molecular weight excluding hydrogens is 408 g/mol. The molecule has 0 bridgehead atoms. The van der Waals surface area contributed by atoms with Gasteiger partial charge < -0.3 is 0 Å². The quantitative estimate of drug-likeness (QED) is 0.352. The lowest BCUT2D eigenvalue weighted by Gasteiger charge is -2.32. The van der Waals surface area contributed by atoms with Crippen molar-refractivity contribution in [1.82, 2.24) is 0 Å². The van der Waals surface area contributed by atoms with Crippen LogP contribution in [0.2, 0.25) is 5.02 Å². The van der Waals surface area contributed by atoms with Crippen LogP contribution in [0.15, 0.2) is 48.5 Å². The van der Waals surface area contributed by atoms with E-state index in [0.29, 0.717) is 0 Å². The van der Waals surface area contributed by atoms with Gasteiger partial charge in [0.15, 0.2) is 0 Å². The number of benzene rings is 2. The molecule has 0 nitrogen and oxygen atoms in total. The van der Waals surface area contributed by atoms with Gasteiger partial charge in [0.25, 0.3) is 0 Å². The molecule has 0 amide bonds. The Hall–Kier alpha value is -1.53. The summed E-state index contributed by atoms with van der Waals surface area (Å²) >= 11 is 5.97. The summed E-state index contributed by atoms with van der Waals surface area (Å²) in [6, 6.07) is 17.3. The van der Waals surface area contributed by atoms with Crippen molar-refractivity contribution in [2.45, 2.75) is 89.9 Å². The van der Waals surface area contributed by atoms with Crippen LogP contribution in [-0.2, 0) is 0 Å². The van der Waals surface area contributed by atoms with E-state index in [2.05, 4.69) is 55.5 Å². The van der Waals surface area contributed by atoms with Gasteiger partial charge >= 0.3 is 0 Å². The molecule has 2 fully saturated rings. The van der Waals surface area contributed by atoms with E-state index in [1.165, 1.54) is 88.2 Å². The Balaban J connectivity index is 1.18. The zero-order chi connectivity index (χ0) is 22.2. The largest absolute Gasteiger partial charge is 0.0843 e. The average molecular weight is 449 g/mol. The highest BCUT2D eigenvalue weighted by Crippen LogP contribution is 2.40. The third kappa shape index (κ3) is 6.98. The highest BCUT2D eigenvalue weighted by atomic mass is 35.5. The average Bonchev–Trinajstić information content (AvgIpc) is 2.84. The Morgan fingerprint density at radius 1 is 0.625 bits per heavy atom. The van der Waals surface area contributed by atoms with Gasteiger partial charge in [-0.15, -0.1) is 0 Å². The van der Waals surface area contributed by atoms with E-state index in [1.807, 2.05) is 12.1 Å². The third-order valence-corrected chi connectivity index (χ3v) is 8.49. The molecule has 0 unspecified atom stereocenters. The van der Waals surface area contributed by atoms with Crippen molar-refractivity contribution in [3.8, 4) is 0 Å². The molecule has 2 aromatic carbocycles. The first-order valence-electron chi connectivity index (χ1n) is 13.2. The molecule has 0 aliphatic heterocycles. The summed E-state index contributed by atoms with van der Waals surface area (Å²) in [6.45, 7) is 2.34. The van der Waals surface area contributed by atoms with Crippen LogP contribution in [0.1, 0.15) is 107 Å². The topological polar surface area (TPSA) is 0 Å². The van der Waals surface area contributed by atoms with Crippen molar-refractivity contribution >= 4 is 23.8 Å². The van der Waals surface area contributed by atoms with Gasteiger partial charge in [-0.2, -0.15) is 0 Å². The normalized spacial score (nSPS) is 26.4. The van der Waals surface area contributed by atoms with Crippen LogP contribution in [0.25, 0.3) is 12.2 Å². The summed E-state index contributed by atoms with van der Waals surface area (Å²) in [6.07, 6.45) is 21.9. The van der Waals surface area contributed by atoms with E-state index in [0.717, 1.165) is 28.7 Å². The molecule has 0 aromatic heterocycles. The van der Waals surface area contributed by atoms with E-state index >= 15 is 0 Å². The maximum absolute atomic E-state index is 5.97. The fourth-order valence-electron chi connectivity index (χ4n) is 6.12. The Morgan fingerprint density at radius 2 is 1.06 bits per heavy atom. The highest BCUT2D eigenvalue weighted by molar-refractivity contribution is 6.30. The Kier molecular flexibility index (Phi) is 8.92. The van der Waals surface area contributed by atoms with Crippen LogP contribution < -0.4 is 0 Å². The van der Waals surface area contributed by atoms with Crippen LogP contribution in [0, 0.1) is 17.8 Å². The monoisotopic (exact) mass is 448 g/mol. The second kappa shape index (κ2) is 12.1. The van der Waals surface area contributed by atoms with E-state index in [9.17, 15) is 0 Å². The molecule has 0 radical (unpaired) electrons. The second-order valence-corrected chi connectivity index (χ2v) is 11.0. The van der Waals surface area contributed by atoms with E-state index < -0.39 is 0 Å². The maximum Gasteiger partial charge on any atom is 0.0406 e. The summed E-state index contributed by atoms with van der Waals surface area (Å²) in [5.74, 6) is 3.84. The maximum atomic E-state index is 5.97. The van der Waals surface area contributed by atoms with Gasteiger partial charge in [-0.05, 0) is 78.2 Å². The molecule has 32 heavy (non-hydrogen) atoms. The van der Waals surface area contributed by atoms with Crippen molar-refractivity contribution in [2.75, 3.05) is 0 Å². The van der Waals surface area contributed by atoms with Gasteiger partial charge in [-0.1, -0.05) is 118 Å². The number of hydrogen-bond donors (Lipinski definition) is 0. The lowest BCUT2D eigenvalue weighted by atomic mass is 9.74. The smallest absolute Gasteiger partial charge is 0.0406 e. The van der Waals surface area contributed by atoms with Crippen molar-refractivity contribution < 1.29 is 0 Å². The summed E-state index contributed by atoms with van der Waals surface area (Å²) in [5.41, 5.74) is 4.00. The molecule has 0 heterocycles. The first-order chi connectivity index (χ1) is 15.7. The first kappa shape index (κ1) is 23.6. The number of rotatable bonds is 8. The molecule has 0 saturated heterocycles. The van der Waals surface area contributed by atoms with Crippen LogP contribution in [0.5, 0.6) is 0 Å². The predicted molar refractivity (Wildman–Crippen MR) is 141 cm³/mol. The Morgan fingerprint density at radius 3 is 1.56 bits per heavy atom.